The molecule has 0 saturated carbocycles. The molecule has 0 atom stereocenters. The number of nitrogen functional groups attached to an aromatic ring is 1. The van der Waals surface area contributed by atoms with Crippen LogP contribution in [0.4, 0.5) is 17.1 Å². The zero-order chi connectivity index (χ0) is 13.1. The van der Waals surface area contributed by atoms with Crippen LogP contribution in [0.5, 0.6) is 0 Å². The van der Waals surface area contributed by atoms with Crippen LogP contribution in [0.2, 0.25) is 10.0 Å². The number of pyridine rings is 1. The monoisotopic (exact) mass is 278 g/mol. The summed E-state index contributed by atoms with van der Waals surface area (Å²) in [6.45, 7) is 0. The molecule has 0 amide bonds. The maximum absolute atomic E-state index is 8.95. The molecule has 0 unspecified atom stereocenters. The Kier molecular flexibility index (Phi) is 3.56. The third kappa shape index (κ3) is 2.48. The first-order valence-corrected chi connectivity index (χ1v) is 5.73. The summed E-state index contributed by atoms with van der Waals surface area (Å²) < 4.78 is 0. The minimum atomic E-state index is 0.333. The number of anilines is 3. The van der Waals surface area contributed by atoms with Crippen molar-refractivity contribution in [1.29, 1.82) is 5.26 Å². The summed E-state index contributed by atoms with van der Waals surface area (Å²) in [6.07, 6.45) is 3.06. The molecule has 6 heteroatoms. The molecular weight excluding hydrogens is 271 g/mol. The van der Waals surface area contributed by atoms with E-state index < -0.39 is 0 Å². The van der Waals surface area contributed by atoms with Gasteiger partial charge < -0.3 is 11.1 Å². The molecule has 0 aliphatic rings. The smallest absolute Gasteiger partial charge is 0.103 e. The number of nitrogens with one attached hydrogen (secondary N) is 1. The van der Waals surface area contributed by atoms with Gasteiger partial charge in [-0.3, -0.25) is 4.98 Å². The van der Waals surface area contributed by atoms with E-state index in [1.807, 2.05) is 6.07 Å². The molecule has 4 nitrogen and oxygen atoms in total. The Morgan fingerprint density at radius 2 is 1.94 bits per heavy atom. The van der Waals surface area contributed by atoms with Crippen LogP contribution >= 0.6 is 23.2 Å². The molecule has 3 N–H and O–H groups in total. The summed E-state index contributed by atoms with van der Waals surface area (Å²) in [6, 6.07) is 7.02. The highest BCUT2D eigenvalue weighted by Gasteiger charge is 2.07. The van der Waals surface area contributed by atoms with E-state index in [-0.39, 0.29) is 0 Å². The third-order valence-corrected chi connectivity index (χ3v) is 2.93. The fraction of sp³-hybridized carbons (Fsp3) is 0. The fourth-order valence-corrected chi connectivity index (χ4v) is 1.89. The number of hydrogen-bond acceptors (Lipinski definition) is 4. The van der Waals surface area contributed by atoms with Crippen molar-refractivity contribution in [2.45, 2.75) is 0 Å². The lowest BCUT2D eigenvalue weighted by Gasteiger charge is -2.10. The second kappa shape index (κ2) is 5.13. The number of aromatic nitrogens is 1. The lowest BCUT2D eigenvalue weighted by molar-refractivity contribution is 1.30. The Morgan fingerprint density at radius 1 is 1.28 bits per heavy atom. The van der Waals surface area contributed by atoms with Gasteiger partial charge in [0.25, 0.3) is 0 Å². The third-order valence-electron chi connectivity index (χ3n) is 2.30. The van der Waals surface area contributed by atoms with E-state index in [9.17, 15) is 0 Å². The van der Waals surface area contributed by atoms with Crippen LogP contribution in [0.3, 0.4) is 0 Å². The lowest BCUT2D eigenvalue weighted by Crippen LogP contribution is -1.96. The molecule has 2 rings (SSSR count). The predicted octanol–water partition coefficient (Wildman–Crippen LogP) is 3.59. The highest BCUT2D eigenvalue weighted by Crippen LogP contribution is 2.32. The van der Waals surface area contributed by atoms with Gasteiger partial charge in [0.15, 0.2) is 0 Å². The largest absolute Gasteiger partial charge is 0.396 e. The van der Waals surface area contributed by atoms with Gasteiger partial charge in [0.05, 0.1) is 27.0 Å². The molecule has 2 aromatic rings. The van der Waals surface area contributed by atoms with Crippen LogP contribution in [0.1, 0.15) is 5.56 Å². The number of nitriles is 1. The molecular formula is C12H8Cl2N4. The molecule has 90 valence electrons. The summed E-state index contributed by atoms with van der Waals surface area (Å²) in [4.78, 5) is 3.87. The molecule has 0 fully saturated rings. The van der Waals surface area contributed by atoms with E-state index in [2.05, 4.69) is 10.3 Å². The first kappa shape index (κ1) is 12.5. The first-order valence-electron chi connectivity index (χ1n) is 4.97. The number of halogens is 2. The molecule has 0 bridgehead atoms. The zero-order valence-corrected chi connectivity index (χ0v) is 10.6. The number of rotatable bonds is 2. The van der Waals surface area contributed by atoms with Gasteiger partial charge in [0.1, 0.15) is 6.07 Å². The Hall–Kier alpha value is -1.96. The maximum atomic E-state index is 8.95. The van der Waals surface area contributed by atoms with Crippen molar-refractivity contribution >= 4 is 40.3 Å². The minimum absolute atomic E-state index is 0.333. The average molecular weight is 279 g/mol. The summed E-state index contributed by atoms with van der Waals surface area (Å²) in [7, 11) is 0. The van der Waals surface area contributed by atoms with Crippen LogP contribution in [-0.2, 0) is 0 Å². The molecule has 0 saturated heterocycles. The Bertz CT molecular complexity index is 611. The zero-order valence-electron chi connectivity index (χ0n) is 9.11. The summed E-state index contributed by atoms with van der Waals surface area (Å²) >= 11 is 11.9. The van der Waals surface area contributed by atoms with Crippen molar-refractivity contribution in [2.24, 2.45) is 0 Å². The van der Waals surface area contributed by atoms with Gasteiger partial charge in [-0.2, -0.15) is 5.26 Å². The van der Waals surface area contributed by atoms with Crippen LogP contribution in [0.25, 0.3) is 0 Å². The first-order chi connectivity index (χ1) is 8.61. The van der Waals surface area contributed by atoms with Gasteiger partial charge in [-0.1, -0.05) is 23.2 Å². The summed E-state index contributed by atoms with van der Waals surface area (Å²) in [5, 5.41) is 12.7. The summed E-state index contributed by atoms with van der Waals surface area (Å²) in [5.41, 5.74) is 7.69. The fourth-order valence-electron chi connectivity index (χ4n) is 1.40. The Morgan fingerprint density at radius 3 is 2.56 bits per heavy atom. The molecule has 1 aromatic carbocycles. The predicted molar refractivity (Wildman–Crippen MR) is 73.1 cm³/mol. The lowest BCUT2D eigenvalue weighted by atomic mass is 10.2. The van der Waals surface area contributed by atoms with Gasteiger partial charge in [-0.15, -0.1) is 0 Å². The van der Waals surface area contributed by atoms with Crippen molar-refractivity contribution in [1.82, 2.24) is 4.98 Å². The van der Waals surface area contributed by atoms with Crippen molar-refractivity contribution in [3.8, 4) is 6.07 Å². The number of hydrogen-bond donors (Lipinski definition) is 2. The molecule has 0 radical (unpaired) electrons. The van der Waals surface area contributed by atoms with Gasteiger partial charge >= 0.3 is 0 Å². The topological polar surface area (TPSA) is 74.7 Å². The van der Waals surface area contributed by atoms with Crippen molar-refractivity contribution in [3.63, 3.8) is 0 Å². The molecule has 1 heterocycles. The molecule has 0 spiro atoms. The summed E-state index contributed by atoms with van der Waals surface area (Å²) in [5.74, 6) is 0. The van der Waals surface area contributed by atoms with Crippen LogP contribution in [0.15, 0.2) is 30.6 Å². The number of nitrogens with two attached hydrogens (primary N) is 1. The average Bonchev–Trinajstić information content (AvgIpc) is 2.36. The minimum Gasteiger partial charge on any atom is -0.396 e. The van der Waals surface area contributed by atoms with E-state index in [1.54, 1.807) is 24.4 Å². The standard InChI is InChI=1S/C12H8Cl2N4/c13-9-3-8(4-10(14)12(9)16)18-11-1-2-17-6-7(11)5-15/h1-4,6H,16H2,(H,17,18). The normalized spacial score (nSPS) is 9.83. The van der Waals surface area contributed by atoms with Gasteiger partial charge in [0, 0.05) is 18.1 Å². The Labute approximate surface area is 114 Å². The van der Waals surface area contributed by atoms with E-state index in [0.29, 0.717) is 32.7 Å². The van der Waals surface area contributed by atoms with Crippen LogP contribution in [-0.4, -0.2) is 4.98 Å². The van der Waals surface area contributed by atoms with Crippen molar-refractivity contribution < 1.29 is 0 Å². The highest BCUT2D eigenvalue weighted by atomic mass is 35.5. The highest BCUT2D eigenvalue weighted by molar-refractivity contribution is 6.39. The van der Waals surface area contributed by atoms with Crippen LogP contribution < -0.4 is 11.1 Å². The van der Waals surface area contributed by atoms with E-state index >= 15 is 0 Å². The SMILES string of the molecule is N#Cc1cnccc1Nc1cc(Cl)c(N)c(Cl)c1. The second-order valence-corrected chi connectivity index (χ2v) is 4.33. The van der Waals surface area contributed by atoms with Crippen molar-refractivity contribution in [2.75, 3.05) is 11.1 Å². The van der Waals surface area contributed by atoms with Gasteiger partial charge in [0.2, 0.25) is 0 Å². The molecule has 0 aliphatic heterocycles. The number of nitrogens with zero attached hydrogens (tertiary/aromatic N) is 2. The van der Waals surface area contributed by atoms with Crippen molar-refractivity contribution in [3.05, 3.63) is 46.2 Å². The van der Waals surface area contributed by atoms with Gasteiger partial charge in [-0.25, -0.2) is 0 Å². The molecule has 1 aromatic heterocycles. The maximum Gasteiger partial charge on any atom is 0.103 e. The second-order valence-electron chi connectivity index (χ2n) is 3.51. The van der Waals surface area contributed by atoms with E-state index in [0.717, 1.165) is 0 Å². The Balaban J connectivity index is 2.38. The van der Waals surface area contributed by atoms with Gasteiger partial charge in [-0.05, 0) is 18.2 Å². The van der Waals surface area contributed by atoms with E-state index in [1.165, 1.54) is 6.20 Å². The number of benzene rings is 1. The molecule has 18 heavy (non-hydrogen) atoms. The molecule has 0 aliphatic carbocycles. The quantitative estimate of drug-likeness (QED) is 0.824. The van der Waals surface area contributed by atoms with E-state index in [4.69, 9.17) is 34.2 Å². The van der Waals surface area contributed by atoms with Crippen LogP contribution in [0, 0.1) is 11.3 Å².